The normalized spacial score (nSPS) is 9.30. The van der Waals surface area contributed by atoms with E-state index < -0.39 is 0 Å². The Morgan fingerprint density at radius 2 is 1.80 bits per heavy atom. The lowest BCUT2D eigenvalue weighted by Crippen LogP contribution is -1.79. The Hall–Kier alpha value is -0.510. The Morgan fingerprint density at radius 3 is 2.20 bits per heavy atom. The molecule has 0 heterocycles. The van der Waals surface area contributed by atoms with Gasteiger partial charge >= 0.3 is 0 Å². The minimum Gasteiger partial charge on any atom is -0.508 e. The second-order valence-corrected chi connectivity index (χ2v) is 3.20. The lowest BCUT2D eigenvalue weighted by atomic mass is 10.2. The van der Waals surface area contributed by atoms with E-state index in [1.54, 1.807) is 0 Å². The van der Waals surface area contributed by atoms with Crippen LogP contribution in [0.4, 0.5) is 0 Å². The number of benzene rings is 1. The molecule has 0 radical (unpaired) electrons. The van der Waals surface area contributed by atoms with Gasteiger partial charge in [0.2, 0.25) is 0 Å². The van der Waals surface area contributed by atoms with Gasteiger partial charge in [-0.05, 0) is 34.7 Å². The first kappa shape index (κ1) is 7.60. The summed E-state index contributed by atoms with van der Waals surface area (Å²) in [5, 5.41) is 8.92. The first-order valence-electron chi connectivity index (χ1n) is 2.84. The molecule has 0 fully saturated rings. The van der Waals surface area contributed by atoms with Crippen molar-refractivity contribution in [1.82, 2.24) is 0 Å². The molecule has 0 aliphatic carbocycles. The lowest BCUT2D eigenvalue weighted by molar-refractivity contribution is 0.514. The molecule has 0 aliphatic rings. The molecule has 0 bridgehead atoms. The van der Waals surface area contributed by atoms with Gasteiger partial charge < -0.3 is 5.11 Å². The summed E-state index contributed by atoms with van der Waals surface area (Å²) in [6.45, 7) is 3.41. The van der Waals surface area contributed by atoms with Gasteiger partial charge in [-0.2, -0.15) is 0 Å². The van der Waals surface area contributed by atoms with Crippen LogP contribution in [0.2, 0.25) is 0 Å². The van der Waals surface area contributed by atoms with E-state index in [-0.39, 0.29) is 5.76 Å². The molecule has 52 valence electrons. The molecular weight excluding hydrogens is 239 g/mol. The van der Waals surface area contributed by atoms with Crippen LogP contribution in [0.3, 0.4) is 0 Å². The molecule has 2 heteroatoms. The van der Waals surface area contributed by atoms with Crippen molar-refractivity contribution in [3.05, 3.63) is 40.0 Å². The average Bonchev–Trinajstić information content (AvgIpc) is 1.88. The van der Waals surface area contributed by atoms with Crippen LogP contribution in [0, 0.1) is 3.57 Å². The summed E-state index contributed by atoms with van der Waals surface area (Å²) in [5.41, 5.74) is 0.778. The summed E-state index contributed by atoms with van der Waals surface area (Å²) >= 11 is 2.21. The van der Waals surface area contributed by atoms with Crippen molar-refractivity contribution in [3.63, 3.8) is 0 Å². The van der Waals surface area contributed by atoms with Crippen LogP contribution >= 0.6 is 22.6 Å². The fourth-order valence-corrected chi connectivity index (χ4v) is 1.00. The van der Waals surface area contributed by atoms with Gasteiger partial charge in [0.25, 0.3) is 0 Å². The Kier molecular flexibility index (Phi) is 2.32. The van der Waals surface area contributed by atoms with E-state index in [2.05, 4.69) is 29.2 Å². The summed E-state index contributed by atoms with van der Waals surface area (Å²) in [4.78, 5) is 0. The Labute approximate surface area is 73.5 Å². The maximum absolute atomic E-state index is 8.92. The van der Waals surface area contributed by atoms with Crippen molar-refractivity contribution >= 4 is 28.4 Å². The lowest BCUT2D eigenvalue weighted by Gasteiger charge is -1.96. The van der Waals surface area contributed by atoms with Crippen molar-refractivity contribution in [1.29, 1.82) is 0 Å². The highest BCUT2D eigenvalue weighted by atomic mass is 127. The molecule has 1 aromatic carbocycles. The van der Waals surface area contributed by atoms with E-state index in [4.69, 9.17) is 5.11 Å². The third kappa shape index (κ3) is 1.73. The smallest absolute Gasteiger partial charge is 0.115 e. The van der Waals surface area contributed by atoms with E-state index in [1.165, 1.54) is 0 Å². The molecule has 0 aromatic heterocycles. The van der Waals surface area contributed by atoms with Gasteiger partial charge in [0.1, 0.15) is 5.76 Å². The summed E-state index contributed by atoms with van der Waals surface area (Å²) in [6, 6.07) is 7.53. The minimum atomic E-state index is 0.122. The van der Waals surface area contributed by atoms with Crippen LogP contribution in [0.5, 0.6) is 0 Å². The van der Waals surface area contributed by atoms with Gasteiger partial charge in [0, 0.05) is 9.13 Å². The molecule has 1 aromatic rings. The zero-order chi connectivity index (χ0) is 7.56. The molecule has 0 unspecified atom stereocenters. The average molecular weight is 246 g/mol. The molecule has 1 N–H and O–H groups in total. The van der Waals surface area contributed by atoms with E-state index >= 15 is 0 Å². The molecule has 1 rings (SSSR count). The molecule has 0 spiro atoms. The van der Waals surface area contributed by atoms with Crippen molar-refractivity contribution < 1.29 is 5.11 Å². The molecule has 0 amide bonds. The van der Waals surface area contributed by atoms with Crippen molar-refractivity contribution in [2.24, 2.45) is 0 Å². The van der Waals surface area contributed by atoms with Gasteiger partial charge in [-0.1, -0.05) is 18.7 Å². The van der Waals surface area contributed by atoms with Crippen molar-refractivity contribution in [2.75, 3.05) is 0 Å². The molecule has 0 saturated carbocycles. The largest absolute Gasteiger partial charge is 0.508 e. The number of hydrogen-bond acceptors (Lipinski definition) is 1. The van der Waals surface area contributed by atoms with Gasteiger partial charge in [-0.25, -0.2) is 0 Å². The summed E-state index contributed by atoms with van der Waals surface area (Å²) in [7, 11) is 0. The molecule has 0 aliphatic heterocycles. The fourth-order valence-electron chi connectivity index (χ4n) is 0.642. The van der Waals surface area contributed by atoms with Gasteiger partial charge in [-0.15, -0.1) is 0 Å². The summed E-state index contributed by atoms with van der Waals surface area (Å²) < 4.78 is 1.16. The fraction of sp³-hybridized carbons (Fsp3) is 0. The van der Waals surface area contributed by atoms with Crippen LogP contribution in [-0.4, -0.2) is 5.11 Å². The highest BCUT2D eigenvalue weighted by Gasteiger charge is 1.92. The van der Waals surface area contributed by atoms with Crippen LogP contribution < -0.4 is 0 Å². The SMILES string of the molecule is C=C(O)c1ccc(I)cc1. The molecule has 0 atom stereocenters. The number of aliphatic hydroxyl groups excluding tert-OH is 1. The Balaban J connectivity index is 3.00. The summed E-state index contributed by atoms with van der Waals surface area (Å²) in [6.07, 6.45) is 0. The third-order valence-electron chi connectivity index (χ3n) is 1.18. The molecular formula is C8H7IO. The van der Waals surface area contributed by atoms with Crippen molar-refractivity contribution in [2.45, 2.75) is 0 Å². The van der Waals surface area contributed by atoms with Gasteiger partial charge in [0.05, 0.1) is 0 Å². The quantitative estimate of drug-likeness (QED) is 0.596. The van der Waals surface area contributed by atoms with Crippen LogP contribution in [0.1, 0.15) is 5.56 Å². The first-order chi connectivity index (χ1) is 4.70. The van der Waals surface area contributed by atoms with Gasteiger partial charge in [-0.3, -0.25) is 0 Å². The Morgan fingerprint density at radius 1 is 1.30 bits per heavy atom. The monoisotopic (exact) mass is 246 g/mol. The topological polar surface area (TPSA) is 20.2 Å². The third-order valence-corrected chi connectivity index (χ3v) is 1.90. The highest BCUT2D eigenvalue weighted by Crippen LogP contribution is 2.11. The zero-order valence-electron chi connectivity index (χ0n) is 5.34. The first-order valence-corrected chi connectivity index (χ1v) is 3.92. The van der Waals surface area contributed by atoms with Crippen LogP contribution in [-0.2, 0) is 0 Å². The molecule has 10 heavy (non-hydrogen) atoms. The summed E-state index contributed by atoms with van der Waals surface area (Å²) in [5.74, 6) is 0.122. The zero-order valence-corrected chi connectivity index (χ0v) is 7.50. The maximum atomic E-state index is 8.92. The van der Waals surface area contributed by atoms with E-state index in [9.17, 15) is 0 Å². The molecule has 0 saturated heterocycles. The second kappa shape index (κ2) is 3.05. The van der Waals surface area contributed by atoms with Crippen molar-refractivity contribution in [3.8, 4) is 0 Å². The highest BCUT2D eigenvalue weighted by molar-refractivity contribution is 14.1. The van der Waals surface area contributed by atoms with E-state index in [0.29, 0.717) is 0 Å². The van der Waals surface area contributed by atoms with Crippen LogP contribution in [0.15, 0.2) is 30.8 Å². The minimum absolute atomic E-state index is 0.122. The number of aliphatic hydroxyl groups is 1. The standard InChI is InChI=1S/C8H7IO/c1-6(10)7-2-4-8(9)5-3-7/h2-5,10H,1H2. The van der Waals surface area contributed by atoms with Gasteiger partial charge in [0.15, 0.2) is 0 Å². The number of rotatable bonds is 1. The predicted octanol–water partition coefficient (Wildman–Crippen LogP) is 2.82. The van der Waals surface area contributed by atoms with E-state index in [1.807, 2.05) is 24.3 Å². The number of hydrogen-bond donors (Lipinski definition) is 1. The molecule has 1 nitrogen and oxygen atoms in total. The second-order valence-electron chi connectivity index (χ2n) is 1.95. The predicted molar refractivity (Wildman–Crippen MR) is 50.8 cm³/mol. The van der Waals surface area contributed by atoms with E-state index in [0.717, 1.165) is 9.13 Å². The number of halogens is 1. The maximum Gasteiger partial charge on any atom is 0.115 e. The Bertz CT molecular complexity index is 238. The van der Waals surface area contributed by atoms with Crippen LogP contribution in [0.25, 0.3) is 5.76 Å².